The molecule has 1 N–H and O–H groups in total. The first-order valence-electron chi connectivity index (χ1n) is 10.7. The van der Waals surface area contributed by atoms with Gasteiger partial charge in [-0.1, -0.05) is 55.0 Å². The fourth-order valence-corrected chi connectivity index (χ4v) is 5.22. The number of rotatable bonds is 7. The molecule has 0 unspecified atom stereocenters. The SMILES string of the molecule is CCc1ccc2[nH]c(=O)c(CN(Cc3ccc(C)cc3)S(=O)(=O)c3ccccc3F)cc2c1. The molecule has 0 saturated carbocycles. The maximum absolute atomic E-state index is 14.5. The van der Waals surface area contributed by atoms with E-state index in [0.29, 0.717) is 11.1 Å². The number of hydrogen-bond donors (Lipinski definition) is 1. The Hall–Kier alpha value is -3.29. The molecular weight excluding hydrogens is 439 g/mol. The molecule has 0 aliphatic carbocycles. The van der Waals surface area contributed by atoms with Gasteiger partial charge in [-0.3, -0.25) is 4.79 Å². The Morgan fingerprint density at radius 1 is 0.909 bits per heavy atom. The molecule has 0 atom stereocenters. The molecule has 0 fully saturated rings. The van der Waals surface area contributed by atoms with Crippen molar-refractivity contribution in [2.45, 2.75) is 38.3 Å². The van der Waals surface area contributed by atoms with E-state index in [1.165, 1.54) is 18.2 Å². The Morgan fingerprint density at radius 3 is 2.30 bits per heavy atom. The Morgan fingerprint density at radius 2 is 1.61 bits per heavy atom. The van der Waals surface area contributed by atoms with Crippen LogP contribution in [0.4, 0.5) is 4.39 Å². The average Bonchev–Trinajstić information content (AvgIpc) is 2.80. The summed E-state index contributed by atoms with van der Waals surface area (Å²) in [7, 11) is -4.22. The lowest BCUT2D eigenvalue weighted by molar-refractivity contribution is 0.396. The Kier molecular flexibility index (Phi) is 6.44. The third-order valence-electron chi connectivity index (χ3n) is 5.67. The van der Waals surface area contributed by atoms with E-state index in [1.807, 2.05) is 56.3 Å². The van der Waals surface area contributed by atoms with Crippen LogP contribution in [0, 0.1) is 12.7 Å². The van der Waals surface area contributed by atoms with Crippen molar-refractivity contribution < 1.29 is 12.8 Å². The van der Waals surface area contributed by atoms with Crippen molar-refractivity contribution in [2.24, 2.45) is 0 Å². The predicted molar refractivity (Wildman–Crippen MR) is 128 cm³/mol. The number of benzene rings is 3. The molecule has 4 aromatic rings. The maximum Gasteiger partial charge on any atom is 0.252 e. The summed E-state index contributed by atoms with van der Waals surface area (Å²) in [6.07, 6.45) is 0.839. The summed E-state index contributed by atoms with van der Waals surface area (Å²) < 4.78 is 42.6. The highest BCUT2D eigenvalue weighted by atomic mass is 32.2. The Bertz CT molecular complexity index is 1460. The molecule has 3 aromatic carbocycles. The van der Waals surface area contributed by atoms with Crippen LogP contribution in [0.1, 0.15) is 29.2 Å². The summed E-state index contributed by atoms with van der Waals surface area (Å²) in [5.41, 5.74) is 3.50. The molecule has 0 aliphatic heterocycles. The lowest BCUT2D eigenvalue weighted by atomic mass is 10.1. The number of hydrogen-bond acceptors (Lipinski definition) is 3. The summed E-state index contributed by atoms with van der Waals surface area (Å²) >= 11 is 0. The molecule has 1 aromatic heterocycles. The lowest BCUT2D eigenvalue weighted by Crippen LogP contribution is -2.33. The highest BCUT2D eigenvalue weighted by molar-refractivity contribution is 7.89. The van der Waals surface area contributed by atoms with Crippen LogP contribution in [-0.2, 0) is 29.5 Å². The molecule has 0 amide bonds. The number of sulfonamides is 1. The molecule has 0 saturated heterocycles. The quantitative estimate of drug-likeness (QED) is 0.422. The van der Waals surface area contributed by atoms with Crippen LogP contribution in [0.15, 0.2) is 82.5 Å². The first-order valence-corrected chi connectivity index (χ1v) is 12.2. The van der Waals surface area contributed by atoms with Gasteiger partial charge in [0, 0.05) is 24.2 Å². The summed E-state index contributed by atoms with van der Waals surface area (Å²) in [6.45, 7) is 3.80. The van der Waals surface area contributed by atoms with Gasteiger partial charge in [0.1, 0.15) is 10.7 Å². The standard InChI is InChI=1S/C26H25FN2O3S/c1-3-19-12-13-24-21(14-19)15-22(26(30)28-24)17-29(16-20-10-8-18(2)9-11-20)33(31,32)25-7-5-4-6-23(25)27/h4-15H,3,16-17H2,1-2H3,(H,28,30). The van der Waals surface area contributed by atoms with Gasteiger partial charge in [-0.15, -0.1) is 0 Å². The fraction of sp³-hybridized carbons (Fsp3) is 0.192. The minimum absolute atomic E-state index is 0.00340. The summed E-state index contributed by atoms with van der Waals surface area (Å²) in [6, 6.07) is 20.2. The number of nitrogens with zero attached hydrogens (tertiary/aromatic N) is 1. The Balaban J connectivity index is 1.79. The van der Waals surface area contributed by atoms with Gasteiger partial charge in [-0.25, -0.2) is 12.8 Å². The van der Waals surface area contributed by atoms with Gasteiger partial charge in [0.2, 0.25) is 10.0 Å². The zero-order valence-corrected chi connectivity index (χ0v) is 19.3. The molecule has 0 aliphatic rings. The summed E-state index contributed by atoms with van der Waals surface area (Å²) in [4.78, 5) is 15.2. The van der Waals surface area contributed by atoms with Gasteiger partial charge in [0.25, 0.3) is 5.56 Å². The highest BCUT2D eigenvalue weighted by Crippen LogP contribution is 2.24. The summed E-state index contributed by atoms with van der Waals surface area (Å²) in [5, 5.41) is 0.822. The maximum atomic E-state index is 14.5. The van der Waals surface area contributed by atoms with Crippen molar-refractivity contribution in [3.8, 4) is 0 Å². The Labute approximate surface area is 192 Å². The third kappa shape index (κ3) is 4.89. The predicted octanol–water partition coefficient (Wildman–Crippen LogP) is 4.93. The zero-order chi connectivity index (χ0) is 23.6. The van der Waals surface area contributed by atoms with Crippen molar-refractivity contribution in [1.29, 1.82) is 0 Å². The first kappa shape index (κ1) is 22.9. The lowest BCUT2D eigenvalue weighted by Gasteiger charge is -2.23. The third-order valence-corrected chi connectivity index (χ3v) is 7.50. The average molecular weight is 465 g/mol. The van der Waals surface area contributed by atoms with Crippen LogP contribution in [0.25, 0.3) is 10.9 Å². The van der Waals surface area contributed by atoms with Crippen molar-refractivity contribution >= 4 is 20.9 Å². The molecule has 0 spiro atoms. The van der Waals surface area contributed by atoms with Crippen molar-refractivity contribution in [3.05, 3.63) is 111 Å². The van der Waals surface area contributed by atoms with Gasteiger partial charge in [0.15, 0.2) is 0 Å². The highest BCUT2D eigenvalue weighted by Gasteiger charge is 2.28. The van der Waals surface area contributed by atoms with Gasteiger partial charge in [0.05, 0.1) is 0 Å². The van der Waals surface area contributed by atoms with Gasteiger partial charge >= 0.3 is 0 Å². The van der Waals surface area contributed by atoms with Crippen molar-refractivity contribution in [1.82, 2.24) is 9.29 Å². The van der Waals surface area contributed by atoms with E-state index in [-0.39, 0.29) is 18.6 Å². The molecule has 4 rings (SSSR count). The van der Waals surface area contributed by atoms with Gasteiger partial charge in [-0.2, -0.15) is 4.31 Å². The molecule has 33 heavy (non-hydrogen) atoms. The second-order valence-corrected chi connectivity index (χ2v) is 9.99. The number of H-pyrrole nitrogens is 1. The van der Waals surface area contributed by atoms with E-state index in [2.05, 4.69) is 4.98 Å². The molecule has 0 bridgehead atoms. The second-order valence-electron chi connectivity index (χ2n) is 8.09. The molecule has 7 heteroatoms. The fourth-order valence-electron chi connectivity index (χ4n) is 3.74. The molecule has 0 radical (unpaired) electrons. The molecule has 170 valence electrons. The molecule has 1 heterocycles. The van der Waals surface area contributed by atoms with Gasteiger partial charge in [-0.05, 0) is 60.2 Å². The number of pyridine rings is 1. The topological polar surface area (TPSA) is 70.2 Å². The smallest absolute Gasteiger partial charge is 0.252 e. The van der Waals surface area contributed by atoms with E-state index < -0.39 is 20.7 Å². The second kappa shape index (κ2) is 9.29. The van der Waals surface area contributed by atoms with E-state index in [1.54, 1.807) is 6.07 Å². The van der Waals surface area contributed by atoms with E-state index in [9.17, 15) is 17.6 Å². The summed E-state index contributed by atoms with van der Waals surface area (Å²) in [5.74, 6) is -0.827. The largest absolute Gasteiger partial charge is 0.322 e. The van der Waals surface area contributed by atoms with E-state index in [0.717, 1.165) is 38.9 Å². The number of aromatic nitrogens is 1. The normalized spacial score (nSPS) is 11.9. The molecular formula is C26H25FN2O3S. The van der Waals surface area contributed by atoms with Crippen molar-refractivity contribution in [2.75, 3.05) is 0 Å². The van der Waals surface area contributed by atoms with Crippen LogP contribution in [0.3, 0.4) is 0 Å². The van der Waals surface area contributed by atoms with E-state index in [4.69, 9.17) is 0 Å². The zero-order valence-electron chi connectivity index (χ0n) is 18.5. The number of fused-ring (bicyclic) bond motifs is 1. The van der Waals surface area contributed by atoms with Crippen molar-refractivity contribution in [3.63, 3.8) is 0 Å². The molecule has 5 nitrogen and oxygen atoms in total. The van der Waals surface area contributed by atoms with Crippen LogP contribution in [0.5, 0.6) is 0 Å². The van der Waals surface area contributed by atoms with Crippen LogP contribution in [-0.4, -0.2) is 17.7 Å². The number of aryl methyl sites for hydroxylation is 2. The van der Waals surface area contributed by atoms with E-state index >= 15 is 0 Å². The number of nitrogens with one attached hydrogen (secondary N) is 1. The van der Waals surface area contributed by atoms with Gasteiger partial charge < -0.3 is 4.98 Å². The number of aromatic amines is 1. The van der Waals surface area contributed by atoms with Crippen LogP contribution in [0.2, 0.25) is 0 Å². The number of halogens is 1. The monoisotopic (exact) mass is 464 g/mol. The minimum atomic E-state index is -4.22. The first-order chi connectivity index (χ1) is 15.8. The van der Waals surface area contributed by atoms with Crippen LogP contribution < -0.4 is 5.56 Å². The minimum Gasteiger partial charge on any atom is -0.322 e. The van der Waals surface area contributed by atoms with Crippen LogP contribution >= 0.6 is 0 Å².